The van der Waals surface area contributed by atoms with E-state index in [1.807, 2.05) is 103 Å². The molecule has 25 rings (SSSR count). The minimum atomic E-state index is 0. The smallest absolute Gasteiger partial charge is 0.0656 e. The highest BCUT2D eigenvalue weighted by Gasteiger charge is 2.24. The standard InChI is InChI=1S/C32H24N2.C30H18I2N2.C19H15Cl2N.C19H13N.C7H7Br.C6H5Br.C6H6Cl2N2.CH4/c1-21-11-15-23(16-12-21)33-29-9-5-3-7-25(29)27-20-32-28(19-31(27)33)26-8-4-6-10-30(26)34(32)24-17-13-22(2)14-18-24;31-19-9-13-21(14-10-19)33-27-7-3-1-5-23(27)25-17-30-26(18-29(25)33)24-6-2-4-8-28(24)34(30)22-15-11-20(32)12-16-22;20-17-13-19(22-16-9-5-2-6-10-16)18(21)12-15(17)11-14-7-3-1-4-8-14;1-2-6-14-12(5-1)9-13-10-17-15-7-3-4-8-18(15)20-19(17)11-16(13)14;1-6-2-4-7(8)5-3-6;7-6-4-2-1-3-5-6;7-3-1-5(9)4(8)2-6(3)10;/h3-20H,1-2H3;1-18H;1-10,12-13,22H,11H2;1-8,10-11,20H,9H2;2-5H,1H3;1-5H;1-2H,9-10H2;1H4. The predicted octanol–water partition coefficient (Wildman–Crippen LogP) is 36.8. The highest BCUT2D eigenvalue weighted by atomic mass is 127. The zero-order valence-electron chi connectivity index (χ0n) is 73.7. The number of aromatic nitrogens is 5. The van der Waals surface area contributed by atoms with E-state index in [9.17, 15) is 0 Å². The van der Waals surface area contributed by atoms with E-state index in [-0.39, 0.29) is 7.43 Å². The maximum Gasteiger partial charge on any atom is 0.0656 e. The maximum atomic E-state index is 6.42. The number of nitrogens with one attached hydrogen (secondary N) is 2. The van der Waals surface area contributed by atoms with Gasteiger partial charge in [-0.1, -0.05) is 321 Å². The Morgan fingerprint density at radius 2 is 0.662 bits per heavy atom. The SMILES string of the molecule is Brc1ccccc1.C.Cc1ccc(-n2c3ccccc3c3cc4c(cc32)c2ccccc2n4-c2ccc(C)cc2)cc1.Cc1ccc(Br)cc1.Clc1cc(Nc2ccccc2)c(Cl)cc1Cc1ccccc1.Ic1ccc(-n2c3ccccc3c3cc4c(cc32)c2ccccc2n4-c2ccc(I)cc2)cc1.Nc1cc(Cl)c(N)cc1Cl.c1ccc2c(c1)Cc1cc3c(cc1-2)[nH]c1ccccc13. The molecule has 24 aromatic rings. The molecule has 16 heteroatoms. The molecule has 1 aliphatic rings. The highest BCUT2D eigenvalue weighted by Crippen LogP contribution is 2.45. The van der Waals surface area contributed by atoms with Gasteiger partial charge in [0.05, 0.1) is 76.3 Å². The van der Waals surface area contributed by atoms with Crippen LogP contribution in [0.3, 0.4) is 0 Å². The Morgan fingerprint density at radius 3 is 1.08 bits per heavy atom. The van der Waals surface area contributed by atoms with Crippen LogP contribution in [0.1, 0.15) is 46.4 Å². The minimum absolute atomic E-state index is 0. The van der Waals surface area contributed by atoms with Crippen LogP contribution in [0.15, 0.2) is 428 Å². The van der Waals surface area contributed by atoms with Gasteiger partial charge in [0.2, 0.25) is 0 Å². The molecule has 136 heavy (non-hydrogen) atoms. The van der Waals surface area contributed by atoms with Gasteiger partial charge in [0.25, 0.3) is 0 Å². The molecule has 0 unspecified atom stereocenters. The number of hydrogen-bond acceptors (Lipinski definition) is 3. The Morgan fingerprint density at radius 1 is 0.301 bits per heavy atom. The molecule has 0 radical (unpaired) electrons. The number of nitrogen functional groups attached to an aromatic ring is 2. The van der Waals surface area contributed by atoms with Crippen molar-refractivity contribution in [3.63, 3.8) is 0 Å². The third-order valence-electron chi connectivity index (χ3n) is 24.4. The number of para-hydroxylation sites is 6. The van der Waals surface area contributed by atoms with Crippen molar-refractivity contribution in [2.45, 2.75) is 41.0 Å². The van der Waals surface area contributed by atoms with Gasteiger partial charge < -0.3 is 40.0 Å². The van der Waals surface area contributed by atoms with E-state index in [1.54, 1.807) is 0 Å². The Labute approximate surface area is 855 Å². The molecule has 0 aliphatic heterocycles. The third kappa shape index (κ3) is 20.1. The zero-order valence-corrected chi connectivity index (χ0v) is 84.2. The molecule has 0 saturated heterocycles. The van der Waals surface area contributed by atoms with Gasteiger partial charge >= 0.3 is 0 Å². The average Bonchev–Trinajstić information content (AvgIpc) is 1.56. The van der Waals surface area contributed by atoms with Crippen molar-refractivity contribution in [2.24, 2.45) is 0 Å². The van der Waals surface area contributed by atoms with Crippen molar-refractivity contribution < 1.29 is 0 Å². The quantitative estimate of drug-likeness (QED) is 0.0901. The van der Waals surface area contributed by atoms with Crippen molar-refractivity contribution in [3.8, 4) is 33.9 Å². The number of hydrogen-bond donors (Lipinski definition) is 4. The number of nitrogens with two attached hydrogens (primary N) is 2. The summed E-state index contributed by atoms with van der Waals surface area (Å²) in [7, 11) is 0. The van der Waals surface area contributed by atoms with Crippen LogP contribution in [-0.4, -0.2) is 23.3 Å². The molecule has 1 aliphatic carbocycles. The summed E-state index contributed by atoms with van der Waals surface area (Å²) in [5, 5.41) is 18.4. The van der Waals surface area contributed by atoms with E-state index in [0.29, 0.717) is 31.5 Å². The predicted molar refractivity (Wildman–Crippen MR) is 610 cm³/mol. The van der Waals surface area contributed by atoms with Gasteiger partial charge in [-0.25, -0.2) is 0 Å². The fourth-order valence-corrected chi connectivity index (χ4v) is 20.0. The first-order chi connectivity index (χ1) is 65.8. The van der Waals surface area contributed by atoms with Crippen molar-refractivity contribution in [3.05, 3.63) is 494 Å². The monoisotopic (exact) mass is 2200 g/mol. The fraction of sp³-hybridized carbons (Fsp3) is 0.0500. The lowest BCUT2D eigenvalue weighted by Gasteiger charge is -2.12. The number of aryl methyl sites for hydroxylation is 3. The van der Waals surface area contributed by atoms with Crippen molar-refractivity contribution >= 4 is 255 Å². The maximum absolute atomic E-state index is 6.42. The van der Waals surface area contributed by atoms with Crippen LogP contribution in [0.2, 0.25) is 20.1 Å². The highest BCUT2D eigenvalue weighted by molar-refractivity contribution is 14.1. The lowest BCUT2D eigenvalue weighted by Crippen LogP contribution is -1.95. The van der Waals surface area contributed by atoms with Crippen molar-refractivity contribution in [2.75, 3.05) is 16.8 Å². The molecular formula is C120H92Br2Cl4I2N8. The fourth-order valence-electron chi connectivity index (χ4n) is 17.9. The lowest BCUT2D eigenvalue weighted by molar-refractivity contribution is 1.17. The number of anilines is 4. The molecule has 6 N–H and O–H groups in total. The van der Waals surface area contributed by atoms with E-state index >= 15 is 0 Å². The number of benzene rings is 19. The van der Waals surface area contributed by atoms with E-state index in [2.05, 4.69) is 430 Å². The molecule has 5 heterocycles. The number of rotatable bonds is 8. The topological polar surface area (TPSA) is 99.6 Å². The summed E-state index contributed by atoms with van der Waals surface area (Å²) in [6.45, 7) is 6.35. The van der Waals surface area contributed by atoms with Crippen LogP contribution >= 0.6 is 123 Å². The van der Waals surface area contributed by atoms with Gasteiger partial charge in [0.15, 0.2) is 0 Å². The number of fused-ring (bicyclic) bond motifs is 18. The summed E-state index contributed by atoms with van der Waals surface area (Å²) in [4.78, 5) is 3.54. The number of nitrogens with zero attached hydrogens (tertiary/aromatic N) is 4. The molecule has 0 amide bonds. The van der Waals surface area contributed by atoms with Crippen LogP contribution in [0, 0.1) is 27.9 Å². The van der Waals surface area contributed by atoms with E-state index in [4.69, 9.17) is 57.9 Å². The van der Waals surface area contributed by atoms with Gasteiger partial charge in [0, 0.05) is 114 Å². The molecule has 8 nitrogen and oxygen atoms in total. The Balaban J connectivity index is 0.000000113. The van der Waals surface area contributed by atoms with Crippen molar-refractivity contribution in [1.82, 2.24) is 23.3 Å². The Hall–Kier alpha value is -12.8. The first-order valence-electron chi connectivity index (χ1n) is 44.3. The molecule has 5 aromatic heterocycles. The summed E-state index contributed by atoms with van der Waals surface area (Å²) in [5.74, 6) is 0. The molecular weight excluding hydrogens is 2110 g/mol. The molecule has 0 spiro atoms. The average molecular weight is 2200 g/mol. The normalized spacial score (nSPS) is 11.2. The van der Waals surface area contributed by atoms with Gasteiger partial charge in [-0.2, -0.15) is 0 Å². The van der Waals surface area contributed by atoms with Gasteiger partial charge in [-0.15, -0.1) is 0 Å². The largest absolute Gasteiger partial charge is 0.397 e. The van der Waals surface area contributed by atoms with Gasteiger partial charge in [-0.05, 0) is 312 Å². The summed E-state index contributed by atoms with van der Waals surface area (Å²) in [5.41, 5.74) is 42.4. The Kier molecular flexibility index (Phi) is 28.7. The second-order valence-electron chi connectivity index (χ2n) is 33.4. The van der Waals surface area contributed by atoms with E-state index < -0.39 is 0 Å². The number of aromatic amines is 1. The number of halogens is 8. The van der Waals surface area contributed by atoms with Crippen LogP contribution in [-0.2, 0) is 12.8 Å². The summed E-state index contributed by atoms with van der Waals surface area (Å²) < 4.78 is 14.4. The Bertz CT molecular complexity index is 7760. The van der Waals surface area contributed by atoms with Gasteiger partial charge in [0.1, 0.15) is 0 Å². The summed E-state index contributed by atoms with van der Waals surface area (Å²) >= 11 is 35.5. The molecule has 0 bridgehead atoms. The van der Waals surface area contributed by atoms with E-state index in [0.717, 1.165) is 38.7 Å². The first kappa shape index (κ1) is 93.6. The van der Waals surface area contributed by atoms with Crippen LogP contribution in [0.25, 0.3) is 143 Å². The molecule has 0 atom stereocenters. The molecule has 668 valence electrons. The summed E-state index contributed by atoms with van der Waals surface area (Å²) in [6.07, 6.45) is 1.83. The van der Waals surface area contributed by atoms with Crippen LogP contribution in [0.4, 0.5) is 22.7 Å². The third-order valence-corrected chi connectivity index (χ3v) is 28.2. The summed E-state index contributed by atoms with van der Waals surface area (Å²) in [6, 6.07) is 147. The molecule has 0 fully saturated rings. The van der Waals surface area contributed by atoms with Crippen LogP contribution < -0.4 is 16.8 Å². The molecule has 0 saturated carbocycles. The van der Waals surface area contributed by atoms with Gasteiger partial charge in [-0.3, -0.25) is 0 Å². The zero-order chi connectivity index (χ0) is 92.9. The lowest BCUT2D eigenvalue weighted by atomic mass is 10.0. The second-order valence-corrected chi connectivity index (χ2v) is 39.4. The van der Waals surface area contributed by atoms with Crippen LogP contribution in [0.5, 0.6) is 0 Å². The van der Waals surface area contributed by atoms with E-state index in [1.165, 1.54) is 196 Å². The minimum Gasteiger partial charge on any atom is -0.397 e. The number of H-pyrrole nitrogens is 1. The second kappa shape index (κ2) is 41.8. The first-order valence-corrected chi connectivity index (χ1v) is 49.5. The van der Waals surface area contributed by atoms with Crippen molar-refractivity contribution in [1.29, 1.82) is 0 Å². The molecule has 19 aromatic carbocycles.